The van der Waals surface area contributed by atoms with E-state index in [1.165, 1.54) is 0 Å². The van der Waals surface area contributed by atoms with Crippen molar-refractivity contribution in [1.82, 2.24) is 10.2 Å². The van der Waals surface area contributed by atoms with E-state index in [0.29, 0.717) is 31.0 Å². The smallest absolute Gasteiger partial charge is 0.260 e. The number of likely N-dealkylation sites (tertiary alicyclic amines) is 1. The van der Waals surface area contributed by atoms with E-state index in [0.717, 1.165) is 24.2 Å². The molecule has 1 fully saturated rings. The average Bonchev–Trinajstić information content (AvgIpc) is 2.76. The molecule has 0 radical (unpaired) electrons. The van der Waals surface area contributed by atoms with Gasteiger partial charge in [0.2, 0.25) is 0 Å². The lowest BCUT2D eigenvalue weighted by atomic mass is 10.0. The van der Waals surface area contributed by atoms with Crippen molar-refractivity contribution in [1.29, 1.82) is 0 Å². The fourth-order valence-electron chi connectivity index (χ4n) is 3.46. The summed E-state index contributed by atoms with van der Waals surface area (Å²) in [6.07, 6.45) is 0.883. The van der Waals surface area contributed by atoms with Gasteiger partial charge in [-0.2, -0.15) is 0 Å². The topological polar surface area (TPSA) is 67.9 Å². The second-order valence-corrected chi connectivity index (χ2v) is 7.61. The number of amides is 2. The molecule has 1 heterocycles. The maximum absolute atomic E-state index is 12.7. The average molecular weight is 411 g/mol. The first-order valence-corrected chi connectivity index (χ1v) is 10.5. The predicted molar refractivity (Wildman–Crippen MR) is 116 cm³/mol. The summed E-state index contributed by atoms with van der Waals surface area (Å²) in [5.41, 5.74) is 1.80. The molecule has 0 spiro atoms. The fraction of sp³-hybridized carbons (Fsp3) is 0.417. The van der Waals surface area contributed by atoms with Crippen LogP contribution in [0.4, 0.5) is 0 Å². The molecule has 0 saturated carbocycles. The van der Waals surface area contributed by atoms with Crippen LogP contribution in [-0.4, -0.2) is 48.6 Å². The first-order valence-electron chi connectivity index (χ1n) is 10.5. The van der Waals surface area contributed by atoms with Gasteiger partial charge < -0.3 is 19.7 Å². The molecule has 1 aliphatic heterocycles. The van der Waals surface area contributed by atoms with E-state index in [1.807, 2.05) is 55.1 Å². The van der Waals surface area contributed by atoms with Crippen LogP contribution in [0.2, 0.25) is 0 Å². The Bertz CT molecular complexity index is 841. The van der Waals surface area contributed by atoms with Crippen molar-refractivity contribution in [3.05, 3.63) is 59.7 Å². The summed E-state index contributed by atoms with van der Waals surface area (Å²) >= 11 is 0. The monoisotopic (exact) mass is 410 g/mol. The number of benzene rings is 2. The summed E-state index contributed by atoms with van der Waals surface area (Å²) in [4.78, 5) is 27.0. The SMILES string of the molecule is CCOc1ccc(C(=O)N2CCC(NC(=O)C(C)Oc3ccc(C)cc3)CC2)cc1. The van der Waals surface area contributed by atoms with Gasteiger partial charge in [0.05, 0.1) is 6.61 Å². The summed E-state index contributed by atoms with van der Waals surface area (Å²) in [5.74, 6) is 1.32. The molecule has 1 unspecified atom stereocenters. The first kappa shape index (κ1) is 21.7. The van der Waals surface area contributed by atoms with Crippen LogP contribution in [0.15, 0.2) is 48.5 Å². The molecule has 2 aromatic carbocycles. The van der Waals surface area contributed by atoms with Crippen LogP contribution in [0, 0.1) is 6.92 Å². The van der Waals surface area contributed by atoms with E-state index >= 15 is 0 Å². The van der Waals surface area contributed by atoms with Crippen molar-refractivity contribution in [2.75, 3.05) is 19.7 Å². The van der Waals surface area contributed by atoms with Crippen molar-refractivity contribution in [3.63, 3.8) is 0 Å². The van der Waals surface area contributed by atoms with Crippen LogP contribution in [-0.2, 0) is 4.79 Å². The van der Waals surface area contributed by atoms with Gasteiger partial charge in [-0.3, -0.25) is 9.59 Å². The Morgan fingerprint density at radius 1 is 1.03 bits per heavy atom. The first-order chi connectivity index (χ1) is 14.5. The Kier molecular flexibility index (Phi) is 7.33. The van der Waals surface area contributed by atoms with Gasteiger partial charge in [0.25, 0.3) is 11.8 Å². The number of hydrogen-bond acceptors (Lipinski definition) is 4. The minimum Gasteiger partial charge on any atom is -0.494 e. The number of nitrogens with one attached hydrogen (secondary N) is 1. The lowest BCUT2D eigenvalue weighted by Gasteiger charge is -2.33. The number of piperidine rings is 1. The van der Waals surface area contributed by atoms with Gasteiger partial charge >= 0.3 is 0 Å². The van der Waals surface area contributed by atoms with Crippen molar-refractivity contribution >= 4 is 11.8 Å². The summed E-state index contributed by atoms with van der Waals surface area (Å²) in [6.45, 7) is 7.51. The predicted octanol–water partition coefficient (Wildman–Crippen LogP) is 3.58. The molecule has 30 heavy (non-hydrogen) atoms. The molecule has 6 heteroatoms. The minimum atomic E-state index is -0.573. The molecule has 3 rings (SSSR count). The Balaban J connectivity index is 1.45. The zero-order chi connectivity index (χ0) is 21.5. The molecular formula is C24H30N2O4. The molecular weight excluding hydrogens is 380 g/mol. The number of nitrogens with zero attached hydrogens (tertiary/aromatic N) is 1. The third kappa shape index (κ3) is 5.75. The summed E-state index contributed by atoms with van der Waals surface area (Å²) in [7, 11) is 0. The van der Waals surface area contributed by atoms with Crippen LogP contribution in [0.1, 0.15) is 42.6 Å². The molecule has 1 N–H and O–H groups in total. The van der Waals surface area contributed by atoms with E-state index in [9.17, 15) is 9.59 Å². The number of ether oxygens (including phenoxy) is 2. The maximum atomic E-state index is 12.7. The molecule has 2 amide bonds. The lowest BCUT2D eigenvalue weighted by Crippen LogP contribution is -2.49. The summed E-state index contributed by atoms with van der Waals surface area (Å²) < 4.78 is 11.2. The van der Waals surface area contributed by atoms with Crippen LogP contribution >= 0.6 is 0 Å². The number of rotatable bonds is 7. The van der Waals surface area contributed by atoms with Crippen LogP contribution in [0.3, 0.4) is 0 Å². The quantitative estimate of drug-likeness (QED) is 0.758. The van der Waals surface area contributed by atoms with Gasteiger partial charge in [0.1, 0.15) is 11.5 Å². The standard InChI is InChI=1S/C24H30N2O4/c1-4-29-21-11-7-19(8-12-21)24(28)26-15-13-20(14-16-26)25-23(27)18(3)30-22-9-5-17(2)6-10-22/h5-12,18,20H,4,13-16H2,1-3H3,(H,25,27). The molecule has 1 aliphatic rings. The van der Waals surface area contributed by atoms with Gasteiger partial charge in [-0.25, -0.2) is 0 Å². The number of hydrogen-bond donors (Lipinski definition) is 1. The van der Waals surface area contributed by atoms with Crippen LogP contribution in [0.25, 0.3) is 0 Å². The van der Waals surface area contributed by atoms with Gasteiger partial charge in [-0.15, -0.1) is 0 Å². The van der Waals surface area contributed by atoms with Gasteiger partial charge in [-0.1, -0.05) is 17.7 Å². The second kappa shape index (κ2) is 10.1. The highest BCUT2D eigenvalue weighted by atomic mass is 16.5. The third-order valence-corrected chi connectivity index (χ3v) is 5.24. The highest BCUT2D eigenvalue weighted by molar-refractivity contribution is 5.94. The maximum Gasteiger partial charge on any atom is 0.260 e. The van der Waals surface area contributed by atoms with Crippen molar-refractivity contribution in [3.8, 4) is 11.5 Å². The van der Waals surface area contributed by atoms with Crippen LogP contribution in [0.5, 0.6) is 11.5 Å². The van der Waals surface area contributed by atoms with Crippen molar-refractivity contribution < 1.29 is 19.1 Å². The highest BCUT2D eigenvalue weighted by Gasteiger charge is 2.26. The second-order valence-electron chi connectivity index (χ2n) is 7.61. The van der Waals surface area contributed by atoms with Gasteiger partial charge in [-0.05, 0) is 70.0 Å². The Labute approximate surface area is 178 Å². The highest BCUT2D eigenvalue weighted by Crippen LogP contribution is 2.18. The number of carbonyl (C=O) groups excluding carboxylic acids is 2. The molecule has 1 saturated heterocycles. The molecule has 1 atom stereocenters. The molecule has 0 bridgehead atoms. The van der Waals surface area contributed by atoms with Gasteiger partial charge in [0.15, 0.2) is 6.10 Å². The zero-order valence-corrected chi connectivity index (χ0v) is 17.9. The third-order valence-electron chi connectivity index (χ3n) is 5.24. The zero-order valence-electron chi connectivity index (χ0n) is 17.9. The van der Waals surface area contributed by atoms with Gasteiger partial charge in [0, 0.05) is 24.7 Å². The van der Waals surface area contributed by atoms with Crippen LogP contribution < -0.4 is 14.8 Å². The Hall–Kier alpha value is -3.02. The number of carbonyl (C=O) groups is 2. The minimum absolute atomic E-state index is 0.0129. The molecule has 2 aromatic rings. The summed E-state index contributed by atoms with van der Waals surface area (Å²) in [6, 6.07) is 14.9. The molecule has 160 valence electrons. The Morgan fingerprint density at radius 2 is 1.63 bits per heavy atom. The van der Waals surface area contributed by atoms with E-state index in [1.54, 1.807) is 19.1 Å². The largest absolute Gasteiger partial charge is 0.494 e. The number of aryl methyl sites for hydroxylation is 1. The Morgan fingerprint density at radius 3 is 2.23 bits per heavy atom. The normalized spacial score (nSPS) is 15.4. The van der Waals surface area contributed by atoms with E-state index < -0.39 is 6.10 Å². The molecule has 6 nitrogen and oxygen atoms in total. The van der Waals surface area contributed by atoms with E-state index in [2.05, 4.69) is 5.32 Å². The van der Waals surface area contributed by atoms with Crippen molar-refractivity contribution in [2.45, 2.75) is 45.8 Å². The lowest BCUT2D eigenvalue weighted by molar-refractivity contribution is -0.128. The molecule has 0 aliphatic carbocycles. The fourth-order valence-corrected chi connectivity index (χ4v) is 3.46. The summed E-state index contributed by atoms with van der Waals surface area (Å²) in [5, 5.41) is 3.05. The van der Waals surface area contributed by atoms with E-state index in [4.69, 9.17) is 9.47 Å². The molecule has 0 aromatic heterocycles. The van der Waals surface area contributed by atoms with Crippen molar-refractivity contribution in [2.24, 2.45) is 0 Å². The van der Waals surface area contributed by atoms with E-state index in [-0.39, 0.29) is 17.9 Å².